The van der Waals surface area contributed by atoms with Crippen molar-refractivity contribution in [2.24, 2.45) is 0 Å². The molecule has 120 valence electrons. The first-order valence-electron chi connectivity index (χ1n) is 7.85. The third kappa shape index (κ3) is 2.78. The van der Waals surface area contributed by atoms with Crippen LogP contribution in [0, 0.1) is 13.8 Å². The van der Waals surface area contributed by atoms with E-state index in [-0.39, 0.29) is 23.2 Å². The average Bonchev–Trinajstić information content (AvgIpc) is 2.65. The molecule has 2 aliphatic rings. The summed E-state index contributed by atoms with van der Waals surface area (Å²) in [5.41, 5.74) is 2.90. The normalized spacial score (nSPS) is 28.0. The molecule has 2 atom stereocenters. The molecule has 0 N–H and O–H groups in total. The van der Waals surface area contributed by atoms with Gasteiger partial charge in [0, 0.05) is 23.9 Å². The molecular weight excluding hydrogens is 298 g/mol. The van der Waals surface area contributed by atoms with Gasteiger partial charge in [0.15, 0.2) is 0 Å². The van der Waals surface area contributed by atoms with E-state index in [9.17, 15) is 13.2 Å². The predicted octanol–water partition coefficient (Wildman–Crippen LogP) is 2.48. The molecule has 2 bridgehead atoms. The Morgan fingerprint density at radius 3 is 2.00 bits per heavy atom. The molecule has 0 saturated carbocycles. The molecule has 0 aromatic heterocycles. The van der Waals surface area contributed by atoms with Crippen LogP contribution in [0.15, 0.2) is 18.2 Å². The van der Waals surface area contributed by atoms with E-state index in [1.165, 1.54) is 6.26 Å². The van der Waals surface area contributed by atoms with Crippen molar-refractivity contribution in [2.75, 3.05) is 6.26 Å². The maximum atomic E-state index is 12.9. The van der Waals surface area contributed by atoms with Gasteiger partial charge in [-0.1, -0.05) is 17.2 Å². The first-order valence-corrected chi connectivity index (χ1v) is 9.81. The van der Waals surface area contributed by atoms with Crippen LogP contribution in [0.1, 0.15) is 47.2 Å². The summed E-state index contributed by atoms with van der Waals surface area (Å²) in [5.74, 6) is 0.0613. The Morgan fingerprint density at radius 2 is 1.55 bits per heavy atom. The number of piperidine rings is 1. The molecule has 2 heterocycles. The Kier molecular flexibility index (Phi) is 3.79. The van der Waals surface area contributed by atoms with Gasteiger partial charge in [0.1, 0.15) is 9.84 Å². The van der Waals surface area contributed by atoms with Crippen LogP contribution >= 0.6 is 0 Å². The number of carbonyl (C=O) groups is 1. The molecule has 2 saturated heterocycles. The van der Waals surface area contributed by atoms with Crippen molar-refractivity contribution in [1.82, 2.24) is 4.90 Å². The van der Waals surface area contributed by atoms with Gasteiger partial charge in [-0.2, -0.15) is 0 Å². The fourth-order valence-corrected chi connectivity index (χ4v) is 5.20. The highest BCUT2D eigenvalue weighted by molar-refractivity contribution is 7.91. The van der Waals surface area contributed by atoms with Crippen molar-refractivity contribution < 1.29 is 13.2 Å². The predicted molar refractivity (Wildman–Crippen MR) is 86.8 cm³/mol. The smallest absolute Gasteiger partial charge is 0.254 e. The van der Waals surface area contributed by atoms with Crippen LogP contribution in [0.5, 0.6) is 0 Å². The van der Waals surface area contributed by atoms with Crippen molar-refractivity contribution in [3.05, 3.63) is 34.9 Å². The number of amides is 1. The summed E-state index contributed by atoms with van der Waals surface area (Å²) >= 11 is 0. The summed E-state index contributed by atoms with van der Waals surface area (Å²) in [6.45, 7) is 3.99. The molecule has 2 aliphatic heterocycles. The lowest BCUT2D eigenvalue weighted by Gasteiger charge is -2.38. The Balaban J connectivity index is 1.86. The zero-order chi connectivity index (χ0) is 16.1. The molecule has 0 radical (unpaired) electrons. The largest absolute Gasteiger partial charge is 0.333 e. The van der Waals surface area contributed by atoms with E-state index in [4.69, 9.17) is 0 Å². The summed E-state index contributed by atoms with van der Waals surface area (Å²) in [5, 5.41) is -0.284. The Bertz CT molecular complexity index is 676. The summed E-state index contributed by atoms with van der Waals surface area (Å²) in [7, 11) is -3.02. The molecule has 1 amide bonds. The molecule has 1 aromatic carbocycles. The van der Waals surface area contributed by atoms with Crippen LogP contribution in [-0.2, 0) is 9.84 Å². The second kappa shape index (κ2) is 5.37. The highest BCUT2D eigenvalue weighted by Crippen LogP contribution is 2.39. The van der Waals surface area contributed by atoms with Crippen LogP contribution in [-0.4, -0.2) is 42.8 Å². The number of benzene rings is 1. The van der Waals surface area contributed by atoms with E-state index in [0.29, 0.717) is 12.8 Å². The molecule has 2 fully saturated rings. The van der Waals surface area contributed by atoms with Gasteiger partial charge in [0.25, 0.3) is 5.91 Å². The summed E-state index contributed by atoms with van der Waals surface area (Å²) in [6.07, 6.45) is 4.34. The number of fused-ring (bicyclic) bond motifs is 2. The molecule has 4 nitrogen and oxygen atoms in total. The maximum Gasteiger partial charge on any atom is 0.254 e. The third-order valence-electron chi connectivity index (χ3n) is 5.00. The second-order valence-corrected chi connectivity index (χ2v) is 9.22. The molecule has 0 aliphatic carbocycles. The monoisotopic (exact) mass is 321 g/mol. The third-order valence-corrected chi connectivity index (χ3v) is 6.59. The van der Waals surface area contributed by atoms with Crippen molar-refractivity contribution in [2.45, 2.75) is 56.9 Å². The van der Waals surface area contributed by atoms with E-state index < -0.39 is 9.84 Å². The number of hydrogen-bond donors (Lipinski definition) is 0. The highest BCUT2D eigenvalue weighted by atomic mass is 32.2. The van der Waals surface area contributed by atoms with Gasteiger partial charge in [-0.3, -0.25) is 4.79 Å². The average molecular weight is 321 g/mol. The Labute approximate surface area is 132 Å². The quantitative estimate of drug-likeness (QED) is 0.841. The lowest BCUT2D eigenvalue weighted by molar-refractivity contribution is 0.0598. The maximum absolute atomic E-state index is 12.9. The van der Waals surface area contributed by atoms with Crippen molar-refractivity contribution in [3.8, 4) is 0 Å². The van der Waals surface area contributed by atoms with Crippen molar-refractivity contribution in [1.29, 1.82) is 0 Å². The first-order chi connectivity index (χ1) is 10.3. The number of rotatable bonds is 2. The van der Waals surface area contributed by atoms with E-state index in [1.54, 1.807) is 0 Å². The molecular formula is C17H23NO3S. The number of aryl methyl sites for hydroxylation is 2. The molecule has 0 spiro atoms. The van der Waals surface area contributed by atoms with Crippen LogP contribution in [0.2, 0.25) is 0 Å². The van der Waals surface area contributed by atoms with E-state index in [0.717, 1.165) is 29.5 Å². The topological polar surface area (TPSA) is 54.5 Å². The van der Waals surface area contributed by atoms with Crippen LogP contribution in [0.3, 0.4) is 0 Å². The van der Waals surface area contributed by atoms with Gasteiger partial charge >= 0.3 is 0 Å². The van der Waals surface area contributed by atoms with Gasteiger partial charge < -0.3 is 4.90 Å². The lowest BCUT2D eigenvalue weighted by atomic mass is 9.99. The Morgan fingerprint density at radius 1 is 1.05 bits per heavy atom. The van der Waals surface area contributed by atoms with Crippen molar-refractivity contribution in [3.63, 3.8) is 0 Å². The van der Waals surface area contributed by atoms with E-state index in [2.05, 4.69) is 6.07 Å². The van der Waals surface area contributed by atoms with Gasteiger partial charge in [0.2, 0.25) is 0 Å². The number of carbonyl (C=O) groups excluding carboxylic acids is 1. The fourth-order valence-electron chi connectivity index (χ4n) is 4.06. The highest BCUT2D eigenvalue weighted by Gasteiger charge is 2.45. The minimum atomic E-state index is -3.02. The SMILES string of the molecule is Cc1cc(C)cc(C(=O)N2C3CCC2CC(S(C)(=O)=O)C3)c1. The zero-order valence-corrected chi connectivity index (χ0v) is 14.2. The number of sulfone groups is 1. The second-order valence-electron chi connectivity index (χ2n) is 6.90. The summed E-state index contributed by atoms with van der Waals surface area (Å²) in [4.78, 5) is 14.9. The molecule has 2 unspecified atom stereocenters. The van der Waals surface area contributed by atoms with Gasteiger partial charge in [0.05, 0.1) is 5.25 Å². The zero-order valence-electron chi connectivity index (χ0n) is 13.4. The van der Waals surface area contributed by atoms with Gasteiger partial charge in [-0.15, -0.1) is 0 Å². The first kappa shape index (κ1) is 15.5. The Hall–Kier alpha value is -1.36. The molecule has 3 rings (SSSR count). The summed E-state index contributed by atoms with van der Waals surface area (Å²) < 4.78 is 23.7. The van der Waals surface area contributed by atoms with Gasteiger partial charge in [-0.25, -0.2) is 8.42 Å². The van der Waals surface area contributed by atoms with Crippen molar-refractivity contribution >= 4 is 15.7 Å². The van der Waals surface area contributed by atoms with E-state index in [1.807, 2.05) is 30.9 Å². The molecule has 5 heteroatoms. The van der Waals surface area contributed by atoms with Crippen LogP contribution < -0.4 is 0 Å². The molecule has 22 heavy (non-hydrogen) atoms. The van der Waals surface area contributed by atoms with Crippen LogP contribution in [0.25, 0.3) is 0 Å². The number of hydrogen-bond acceptors (Lipinski definition) is 3. The van der Waals surface area contributed by atoms with E-state index >= 15 is 0 Å². The minimum absolute atomic E-state index is 0.0613. The number of nitrogens with zero attached hydrogens (tertiary/aromatic N) is 1. The van der Waals surface area contributed by atoms with Crippen LogP contribution in [0.4, 0.5) is 0 Å². The van der Waals surface area contributed by atoms with Gasteiger partial charge in [-0.05, 0) is 51.7 Å². The fraction of sp³-hybridized carbons (Fsp3) is 0.588. The standard InChI is InChI=1S/C17H23NO3S/c1-11-6-12(2)8-13(7-11)17(19)18-14-4-5-15(18)10-16(9-14)22(3,20)21/h6-8,14-16H,4-5,9-10H2,1-3H3. The molecule has 1 aromatic rings. The lowest BCUT2D eigenvalue weighted by Crippen LogP contribution is -2.49. The minimum Gasteiger partial charge on any atom is -0.333 e. The summed E-state index contributed by atoms with van der Waals surface area (Å²) in [6, 6.07) is 6.06.